The molecule has 0 saturated heterocycles. The molecule has 0 aromatic carbocycles. The van der Waals surface area contributed by atoms with Crippen molar-refractivity contribution in [3.8, 4) is 0 Å². The summed E-state index contributed by atoms with van der Waals surface area (Å²) in [7, 11) is 0. The van der Waals surface area contributed by atoms with Crippen LogP contribution in [0.5, 0.6) is 0 Å². The third-order valence-electron chi connectivity index (χ3n) is 3.13. The van der Waals surface area contributed by atoms with Gasteiger partial charge in [-0.05, 0) is 6.42 Å². The first kappa shape index (κ1) is 12.2. The number of carbonyl (C=O) groups is 1. The molecule has 0 bridgehead atoms. The standard InChI is InChI=1S/C12H22N2O/c1-4-5-6-7-10-12(2,3)9-13-11(8-15)14-10/h8,10H,4-7,9H2,1-3H3,(H,13,14). The molecular formula is C12H22N2O. The van der Waals surface area contributed by atoms with Gasteiger partial charge in [0, 0.05) is 18.0 Å². The van der Waals surface area contributed by atoms with Crippen LogP contribution in [0, 0.1) is 5.41 Å². The fraction of sp³-hybridized carbons (Fsp3) is 0.833. The molecule has 86 valence electrons. The van der Waals surface area contributed by atoms with Crippen molar-refractivity contribution in [1.82, 2.24) is 5.32 Å². The SMILES string of the molecule is CCCCCC1NC(C=O)=NCC1(C)C. The van der Waals surface area contributed by atoms with E-state index in [4.69, 9.17) is 0 Å². The molecule has 15 heavy (non-hydrogen) atoms. The molecule has 1 rings (SSSR count). The Morgan fingerprint density at radius 1 is 1.53 bits per heavy atom. The highest BCUT2D eigenvalue weighted by Crippen LogP contribution is 2.27. The molecule has 0 amide bonds. The van der Waals surface area contributed by atoms with Crippen LogP contribution in [0.4, 0.5) is 0 Å². The molecule has 3 heteroatoms. The highest BCUT2D eigenvalue weighted by Gasteiger charge is 2.32. The van der Waals surface area contributed by atoms with Crippen molar-refractivity contribution in [3.05, 3.63) is 0 Å². The van der Waals surface area contributed by atoms with Crippen LogP contribution in [0.1, 0.15) is 46.5 Å². The average molecular weight is 210 g/mol. The van der Waals surface area contributed by atoms with Gasteiger partial charge in [0.2, 0.25) is 0 Å². The molecule has 0 fully saturated rings. The van der Waals surface area contributed by atoms with Crippen molar-refractivity contribution < 1.29 is 4.79 Å². The van der Waals surface area contributed by atoms with Crippen molar-refractivity contribution in [1.29, 1.82) is 0 Å². The van der Waals surface area contributed by atoms with E-state index in [1.165, 1.54) is 19.3 Å². The molecule has 0 spiro atoms. The lowest BCUT2D eigenvalue weighted by molar-refractivity contribution is -0.103. The van der Waals surface area contributed by atoms with E-state index < -0.39 is 0 Å². The maximum Gasteiger partial charge on any atom is 0.184 e. The van der Waals surface area contributed by atoms with Crippen LogP contribution < -0.4 is 5.32 Å². The summed E-state index contributed by atoms with van der Waals surface area (Å²) in [4.78, 5) is 14.9. The van der Waals surface area contributed by atoms with Crippen LogP contribution in [0.2, 0.25) is 0 Å². The molecule has 1 unspecified atom stereocenters. The highest BCUT2D eigenvalue weighted by molar-refractivity contribution is 6.27. The monoisotopic (exact) mass is 210 g/mol. The summed E-state index contributed by atoms with van der Waals surface area (Å²) >= 11 is 0. The van der Waals surface area contributed by atoms with Crippen LogP contribution in [0.15, 0.2) is 4.99 Å². The quantitative estimate of drug-likeness (QED) is 0.558. The van der Waals surface area contributed by atoms with Gasteiger partial charge in [-0.2, -0.15) is 0 Å². The zero-order chi connectivity index (χ0) is 11.3. The predicted octanol–water partition coefficient (Wildman–Crippen LogP) is 2.16. The number of nitrogens with one attached hydrogen (secondary N) is 1. The van der Waals surface area contributed by atoms with Gasteiger partial charge >= 0.3 is 0 Å². The summed E-state index contributed by atoms with van der Waals surface area (Å²) in [6.07, 6.45) is 5.68. The molecule has 0 aromatic heterocycles. The van der Waals surface area contributed by atoms with E-state index in [0.29, 0.717) is 11.9 Å². The first-order valence-electron chi connectivity index (χ1n) is 5.86. The maximum absolute atomic E-state index is 10.7. The van der Waals surface area contributed by atoms with Crippen molar-refractivity contribution in [3.63, 3.8) is 0 Å². The molecule has 0 aliphatic carbocycles. The Morgan fingerprint density at radius 2 is 2.27 bits per heavy atom. The molecule has 1 N–H and O–H groups in total. The van der Waals surface area contributed by atoms with Gasteiger partial charge in [0.1, 0.15) is 0 Å². The molecule has 1 atom stereocenters. The van der Waals surface area contributed by atoms with Crippen LogP contribution >= 0.6 is 0 Å². The van der Waals surface area contributed by atoms with Crippen LogP contribution in [0.25, 0.3) is 0 Å². The lowest BCUT2D eigenvalue weighted by Crippen LogP contribution is -2.50. The van der Waals surface area contributed by atoms with Crippen LogP contribution in [-0.2, 0) is 4.79 Å². The molecule has 0 aromatic rings. The molecule has 1 aliphatic rings. The number of unbranched alkanes of at least 4 members (excludes halogenated alkanes) is 2. The molecule has 0 saturated carbocycles. The second kappa shape index (κ2) is 5.29. The lowest BCUT2D eigenvalue weighted by Gasteiger charge is -2.37. The van der Waals surface area contributed by atoms with E-state index in [1.54, 1.807) is 0 Å². The van der Waals surface area contributed by atoms with Gasteiger partial charge < -0.3 is 5.32 Å². The first-order valence-corrected chi connectivity index (χ1v) is 5.86. The number of rotatable bonds is 5. The zero-order valence-electron chi connectivity index (χ0n) is 10.0. The van der Waals surface area contributed by atoms with E-state index in [-0.39, 0.29) is 5.41 Å². The Morgan fingerprint density at radius 3 is 2.87 bits per heavy atom. The maximum atomic E-state index is 10.7. The van der Waals surface area contributed by atoms with Gasteiger partial charge in [0.15, 0.2) is 12.1 Å². The average Bonchev–Trinajstić information content (AvgIpc) is 2.21. The Kier molecular flexibility index (Phi) is 4.30. The predicted molar refractivity (Wildman–Crippen MR) is 63.2 cm³/mol. The highest BCUT2D eigenvalue weighted by atomic mass is 16.1. The molecule has 3 nitrogen and oxygen atoms in total. The van der Waals surface area contributed by atoms with E-state index in [0.717, 1.165) is 19.3 Å². The van der Waals surface area contributed by atoms with Gasteiger partial charge in [0.25, 0.3) is 0 Å². The van der Waals surface area contributed by atoms with Crippen molar-refractivity contribution >= 4 is 12.1 Å². The van der Waals surface area contributed by atoms with E-state index in [2.05, 4.69) is 31.1 Å². The summed E-state index contributed by atoms with van der Waals surface area (Å²) in [6.45, 7) is 7.38. The van der Waals surface area contributed by atoms with Crippen LogP contribution in [0.3, 0.4) is 0 Å². The van der Waals surface area contributed by atoms with Gasteiger partial charge in [-0.15, -0.1) is 0 Å². The number of amidine groups is 1. The second-order valence-corrected chi connectivity index (χ2v) is 5.00. The zero-order valence-corrected chi connectivity index (χ0v) is 10.0. The largest absolute Gasteiger partial charge is 0.364 e. The number of hydrogen-bond acceptors (Lipinski definition) is 3. The van der Waals surface area contributed by atoms with E-state index >= 15 is 0 Å². The number of aldehydes is 1. The fourth-order valence-corrected chi connectivity index (χ4v) is 1.95. The van der Waals surface area contributed by atoms with E-state index in [1.807, 2.05) is 0 Å². The summed E-state index contributed by atoms with van der Waals surface area (Å²) in [5, 5.41) is 3.23. The number of carbonyl (C=O) groups excluding carboxylic acids is 1. The van der Waals surface area contributed by atoms with Gasteiger partial charge in [-0.3, -0.25) is 9.79 Å². The van der Waals surface area contributed by atoms with Gasteiger partial charge in [-0.25, -0.2) is 0 Å². The summed E-state index contributed by atoms with van der Waals surface area (Å²) in [6, 6.07) is 0.391. The normalized spacial score (nSPS) is 24.2. The second-order valence-electron chi connectivity index (χ2n) is 5.00. The lowest BCUT2D eigenvalue weighted by atomic mass is 9.80. The smallest absolute Gasteiger partial charge is 0.184 e. The molecule has 1 aliphatic heterocycles. The number of nitrogens with zero attached hydrogens (tertiary/aromatic N) is 1. The molecule has 0 radical (unpaired) electrons. The third-order valence-corrected chi connectivity index (χ3v) is 3.13. The van der Waals surface area contributed by atoms with Gasteiger partial charge in [-0.1, -0.05) is 40.0 Å². The Labute approximate surface area is 92.4 Å². The fourth-order valence-electron chi connectivity index (χ4n) is 1.95. The first-order chi connectivity index (χ1) is 7.10. The minimum Gasteiger partial charge on any atom is -0.364 e. The minimum absolute atomic E-state index is 0.167. The van der Waals surface area contributed by atoms with Crippen molar-refractivity contribution in [2.45, 2.75) is 52.5 Å². The summed E-state index contributed by atoms with van der Waals surface area (Å²) in [5.41, 5.74) is 0.167. The Balaban J connectivity index is 2.53. The van der Waals surface area contributed by atoms with Crippen LogP contribution in [-0.4, -0.2) is 24.7 Å². The van der Waals surface area contributed by atoms with E-state index in [9.17, 15) is 4.79 Å². The summed E-state index contributed by atoms with van der Waals surface area (Å²) in [5.74, 6) is 0.524. The minimum atomic E-state index is 0.167. The Bertz CT molecular complexity index is 246. The summed E-state index contributed by atoms with van der Waals surface area (Å²) < 4.78 is 0. The van der Waals surface area contributed by atoms with Crippen molar-refractivity contribution in [2.24, 2.45) is 10.4 Å². The molecular weight excluding hydrogens is 188 g/mol. The van der Waals surface area contributed by atoms with Gasteiger partial charge in [0.05, 0.1) is 0 Å². The Hall–Kier alpha value is -0.860. The van der Waals surface area contributed by atoms with Crippen molar-refractivity contribution in [2.75, 3.05) is 6.54 Å². The topological polar surface area (TPSA) is 41.5 Å². The molecule has 1 heterocycles. The number of hydrogen-bond donors (Lipinski definition) is 1. The third kappa shape index (κ3) is 3.33. The number of aliphatic imine (C=N–C) groups is 1.